The molecule has 3 rings (SSSR count). The molecular formula is C20H18Cl3NOS. The van der Waals surface area contributed by atoms with Crippen molar-refractivity contribution in [3.8, 4) is 5.75 Å². The molecule has 2 nitrogen and oxygen atoms in total. The van der Waals surface area contributed by atoms with E-state index in [1.54, 1.807) is 11.3 Å². The molecular weight excluding hydrogens is 409 g/mol. The second-order valence-corrected chi connectivity index (χ2v) is 9.18. The predicted molar refractivity (Wildman–Crippen MR) is 111 cm³/mol. The number of thiophene rings is 1. The number of hydrogen-bond acceptors (Lipinski definition) is 3. The van der Waals surface area contributed by atoms with Crippen LogP contribution in [0.25, 0.3) is 0 Å². The van der Waals surface area contributed by atoms with Gasteiger partial charge in [-0.15, -0.1) is 11.3 Å². The van der Waals surface area contributed by atoms with E-state index in [0.29, 0.717) is 13.2 Å². The van der Waals surface area contributed by atoms with Gasteiger partial charge in [-0.25, -0.2) is 0 Å². The first kappa shape index (κ1) is 19.5. The molecule has 0 saturated heterocycles. The molecule has 0 aliphatic rings. The van der Waals surface area contributed by atoms with E-state index < -0.39 is 9.83 Å². The number of halogens is 3. The van der Waals surface area contributed by atoms with E-state index in [2.05, 4.69) is 5.32 Å². The molecule has 0 bridgehead atoms. The van der Waals surface area contributed by atoms with E-state index >= 15 is 0 Å². The summed E-state index contributed by atoms with van der Waals surface area (Å²) in [6.45, 7) is 1.16. The smallest absolute Gasteiger partial charge is 0.209 e. The van der Waals surface area contributed by atoms with Gasteiger partial charge in [0.1, 0.15) is 12.4 Å². The highest BCUT2D eigenvalue weighted by Crippen LogP contribution is 2.40. The van der Waals surface area contributed by atoms with Crippen LogP contribution in [0.2, 0.25) is 0 Å². The lowest BCUT2D eigenvalue weighted by atomic mass is 10.1. The Morgan fingerprint density at radius 1 is 0.923 bits per heavy atom. The largest absolute Gasteiger partial charge is 0.489 e. The van der Waals surface area contributed by atoms with Gasteiger partial charge in [-0.3, -0.25) is 0 Å². The maximum Gasteiger partial charge on any atom is 0.209 e. The van der Waals surface area contributed by atoms with Crippen molar-refractivity contribution in [2.75, 3.05) is 0 Å². The number of benzene rings is 2. The van der Waals surface area contributed by atoms with Gasteiger partial charge in [0, 0.05) is 11.4 Å². The van der Waals surface area contributed by atoms with Gasteiger partial charge in [0.25, 0.3) is 0 Å². The molecule has 1 N–H and O–H groups in total. The van der Waals surface area contributed by atoms with Crippen molar-refractivity contribution in [1.29, 1.82) is 0 Å². The number of ether oxygens (including phenoxy) is 1. The lowest BCUT2D eigenvalue weighted by molar-refractivity contribution is 0.306. The van der Waals surface area contributed by atoms with Crippen LogP contribution in [-0.2, 0) is 13.2 Å². The van der Waals surface area contributed by atoms with E-state index in [1.165, 1.54) is 4.88 Å². The van der Waals surface area contributed by atoms with Gasteiger partial charge in [0.2, 0.25) is 3.79 Å². The van der Waals surface area contributed by atoms with Crippen LogP contribution in [0.4, 0.5) is 0 Å². The molecule has 1 heterocycles. The molecule has 6 heteroatoms. The third kappa shape index (κ3) is 5.63. The molecule has 26 heavy (non-hydrogen) atoms. The van der Waals surface area contributed by atoms with Crippen molar-refractivity contribution in [3.63, 3.8) is 0 Å². The molecule has 1 unspecified atom stereocenters. The van der Waals surface area contributed by atoms with Crippen LogP contribution in [0.3, 0.4) is 0 Å². The van der Waals surface area contributed by atoms with Crippen molar-refractivity contribution in [2.45, 2.75) is 23.0 Å². The Balaban J connectivity index is 1.65. The average molecular weight is 427 g/mol. The minimum atomic E-state index is -1.45. The molecule has 0 saturated carbocycles. The fourth-order valence-electron chi connectivity index (χ4n) is 2.54. The zero-order valence-electron chi connectivity index (χ0n) is 13.9. The van der Waals surface area contributed by atoms with Crippen molar-refractivity contribution in [3.05, 3.63) is 88.1 Å². The Bertz CT molecular complexity index is 786. The maximum absolute atomic E-state index is 6.20. The van der Waals surface area contributed by atoms with Crippen LogP contribution >= 0.6 is 46.1 Å². The Hall–Kier alpha value is -1.23. The van der Waals surface area contributed by atoms with E-state index in [0.717, 1.165) is 16.9 Å². The zero-order chi connectivity index (χ0) is 18.4. The third-order valence-electron chi connectivity index (χ3n) is 3.85. The summed E-state index contributed by atoms with van der Waals surface area (Å²) < 4.78 is 4.36. The van der Waals surface area contributed by atoms with E-state index in [-0.39, 0.29) is 0 Å². The van der Waals surface area contributed by atoms with Gasteiger partial charge < -0.3 is 10.1 Å². The highest BCUT2D eigenvalue weighted by Gasteiger charge is 2.33. The summed E-state index contributed by atoms with van der Waals surface area (Å²) in [5.74, 6) is 0.777. The number of hydrogen-bond donors (Lipinski definition) is 1. The molecule has 1 aromatic heterocycles. The Morgan fingerprint density at radius 3 is 2.27 bits per heavy atom. The number of alkyl halides is 3. The molecule has 0 spiro atoms. The normalized spacial score (nSPS) is 12.7. The van der Waals surface area contributed by atoms with E-state index in [1.807, 2.05) is 72.1 Å². The quantitative estimate of drug-likeness (QED) is 0.434. The highest BCUT2D eigenvalue weighted by atomic mass is 35.6. The average Bonchev–Trinajstić information content (AvgIpc) is 3.14. The van der Waals surface area contributed by atoms with Crippen LogP contribution in [-0.4, -0.2) is 3.79 Å². The summed E-state index contributed by atoms with van der Waals surface area (Å²) in [4.78, 5) is 1.19. The number of rotatable bonds is 7. The minimum Gasteiger partial charge on any atom is -0.489 e. The molecule has 0 aliphatic heterocycles. The second kappa shape index (κ2) is 9.12. The van der Waals surface area contributed by atoms with Gasteiger partial charge in [-0.1, -0.05) is 83.3 Å². The minimum absolute atomic E-state index is 0.419. The predicted octanol–water partition coefficient (Wildman–Crippen LogP) is 6.53. The molecule has 0 aliphatic carbocycles. The summed E-state index contributed by atoms with van der Waals surface area (Å²) in [6.07, 6.45) is 0. The Morgan fingerprint density at radius 2 is 1.65 bits per heavy atom. The van der Waals surface area contributed by atoms with Gasteiger partial charge in [0.05, 0.1) is 6.04 Å². The topological polar surface area (TPSA) is 21.3 Å². The fraction of sp³-hybridized carbons (Fsp3) is 0.200. The van der Waals surface area contributed by atoms with Crippen LogP contribution in [0.1, 0.15) is 22.0 Å². The third-order valence-corrected chi connectivity index (χ3v) is 5.38. The van der Waals surface area contributed by atoms with Crippen molar-refractivity contribution in [1.82, 2.24) is 5.32 Å². The van der Waals surface area contributed by atoms with Gasteiger partial charge in [-0.05, 0) is 34.7 Å². The summed E-state index contributed by atoms with van der Waals surface area (Å²) >= 11 is 20.3. The van der Waals surface area contributed by atoms with Crippen LogP contribution < -0.4 is 10.1 Å². The number of nitrogens with one attached hydrogen (secondary N) is 1. The summed E-state index contributed by atoms with van der Waals surface area (Å²) in [5.41, 5.74) is 2.02. The van der Waals surface area contributed by atoms with E-state index in [9.17, 15) is 0 Å². The van der Waals surface area contributed by atoms with Crippen LogP contribution in [0.5, 0.6) is 5.75 Å². The first-order valence-corrected chi connectivity index (χ1v) is 10.1. The molecule has 0 amide bonds. The molecule has 0 radical (unpaired) electrons. The van der Waals surface area contributed by atoms with E-state index in [4.69, 9.17) is 39.5 Å². The summed E-state index contributed by atoms with van der Waals surface area (Å²) in [6, 6.07) is 21.3. The molecule has 0 fully saturated rings. The molecule has 2 aromatic carbocycles. The first-order chi connectivity index (χ1) is 12.5. The fourth-order valence-corrected chi connectivity index (χ4v) is 3.80. The Kier molecular flexibility index (Phi) is 6.85. The second-order valence-electron chi connectivity index (χ2n) is 5.78. The van der Waals surface area contributed by atoms with Crippen molar-refractivity contribution >= 4 is 46.1 Å². The SMILES string of the molecule is ClC(Cl)(Cl)C(NCc1cccs1)c1ccc(OCc2ccccc2)cc1. The zero-order valence-corrected chi connectivity index (χ0v) is 17.0. The van der Waals surface area contributed by atoms with Gasteiger partial charge in [0.15, 0.2) is 0 Å². The first-order valence-electron chi connectivity index (χ1n) is 8.11. The Labute approximate surface area is 172 Å². The van der Waals surface area contributed by atoms with Gasteiger partial charge in [-0.2, -0.15) is 0 Å². The molecule has 1 atom stereocenters. The van der Waals surface area contributed by atoms with Crippen LogP contribution in [0.15, 0.2) is 72.1 Å². The van der Waals surface area contributed by atoms with Gasteiger partial charge >= 0.3 is 0 Å². The summed E-state index contributed by atoms with van der Waals surface area (Å²) in [7, 11) is 0. The monoisotopic (exact) mass is 425 g/mol. The maximum atomic E-state index is 6.20. The van der Waals surface area contributed by atoms with Crippen molar-refractivity contribution < 1.29 is 4.74 Å². The van der Waals surface area contributed by atoms with Crippen molar-refractivity contribution in [2.24, 2.45) is 0 Å². The highest BCUT2D eigenvalue weighted by molar-refractivity contribution is 7.09. The standard InChI is InChI=1S/C20H18Cl3NOS/c21-20(22,23)19(24-13-18-7-4-12-26-18)16-8-10-17(11-9-16)25-14-15-5-2-1-3-6-15/h1-12,19,24H,13-14H2. The lowest BCUT2D eigenvalue weighted by Gasteiger charge is -2.26. The van der Waals surface area contributed by atoms with Crippen LogP contribution in [0, 0.1) is 0 Å². The summed E-state index contributed by atoms with van der Waals surface area (Å²) in [5, 5.41) is 5.36. The molecule has 3 aromatic rings. The lowest BCUT2D eigenvalue weighted by Crippen LogP contribution is -2.31. The molecule has 136 valence electrons.